The Morgan fingerprint density at radius 2 is 1.88 bits per heavy atom. The van der Waals surface area contributed by atoms with Crippen LogP contribution in [0.25, 0.3) is 0 Å². The normalized spacial score (nSPS) is 10.5. The molecule has 0 spiro atoms. The van der Waals surface area contributed by atoms with Gasteiger partial charge in [-0.25, -0.2) is 4.68 Å². The van der Waals surface area contributed by atoms with Gasteiger partial charge in [0.25, 0.3) is 5.56 Å². The van der Waals surface area contributed by atoms with Crippen molar-refractivity contribution >= 4 is 21.6 Å². The quantitative estimate of drug-likeness (QED) is 0.685. The van der Waals surface area contributed by atoms with Crippen molar-refractivity contribution in [2.24, 2.45) is 7.05 Å². The lowest BCUT2D eigenvalue weighted by molar-refractivity contribution is 0.306. The van der Waals surface area contributed by atoms with Gasteiger partial charge in [-0.05, 0) is 39.2 Å². The van der Waals surface area contributed by atoms with E-state index in [0.717, 1.165) is 16.9 Å². The molecular weight excluding hydrogens is 382 g/mol. The summed E-state index contributed by atoms with van der Waals surface area (Å²) in [5.41, 5.74) is 2.67. The van der Waals surface area contributed by atoms with E-state index in [4.69, 9.17) is 4.74 Å². The van der Waals surface area contributed by atoms with Gasteiger partial charge < -0.3 is 10.1 Å². The molecule has 3 rings (SSSR count). The molecule has 6 heteroatoms. The van der Waals surface area contributed by atoms with Crippen molar-refractivity contribution in [3.8, 4) is 5.75 Å². The van der Waals surface area contributed by atoms with Crippen molar-refractivity contribution in [1.29, 1.82) is 0 Å². The third-order valence-electron chi connectivity index (χ3n) is 3.71. The van der Waals surface area contributed by atoms with Gasteiger partial charge in [0.15, 0.2) is 0 Å². The molecule has 2 aromatic carbocycles. The molecule has 128 valence electrons. The average Bonchev–Trinajstić information content (AvgIpc) is 2.65. The Balaban J connectivity index is 1.64. The van der Waals surface area contributed by atoms with Gasteiger partial charge in [0.05, 0.1) is 11.9 Å². The molecule has 0 fully saturated rings. The summed E-state index contributed by atoms with van der Waals surface area (Å²) in [6.45, 7) is 1.10. The first kappa shape index (κ1) is 17.2. The maximum atomic E-state index is 11.9. The third-order valence-corrected chi connectivity index (χ3v) is 4.47. The number of aryl methyl sites for hydroxylation is 1. The number of hydrogen-bond acceptors (Lipinski definition) is 4. The fourth-order valence-corrected chi connectivity index (χ4v) is 2.82. The molecule has 0 bridgehead atoms. The minimum Gasteiger partial charge on any atom is -0.489 e. The molecule has 0 amide bonds. The summed E-state index contributed by atoms with van der Waals surface area (Å²) in [5, 5.41) is 7.24. The average molecular weight is 400 g/mol. The van der Waals surface area contributed by atoms with E-state index in [-0.39, 0.29) is 5.56 Å². The number of benzene rings is 2. The van der Waals surface area contributed by atoms with Crippen LogP contribution in [0, 0.1) is 0 Å². The summed E-state index contributed by atoms with van der Waals surface area (Å²) in [4.78, 5) is 11.9. The first-order chi connectivity index (χ1) is 12.1. The van der Waals surface area contributed by atoms with E-state index in [1.54, 1.807) is 13.2 Å². The molecule has 1 heterocycles. The number of nitrogens with one attached hydrogen (secondary N) is 1. The molecule has 0 aliphatic carbocycles. The predicted molar refractivity (Wildman–Crippen MR) is 102 cm³/mol. The maximum absolute atomic E-state index is 11.9. The zero-order valence-electron chi connectivity index (χ0n) is 13.8. The maximum Gasteiger partial charge on any atom is 0.282 e. The van der Waals surface area contributed by atoms with Gasteiger partial charge in [-0.15, -0.1) is 0 Å². The lowest BCUT2D eigenvalue weighted by atomic mass is 10.2. The van der Waals surface area contributed by atoms with Crippen molar-refractivity contribution in [1.82, 2.24) is 9.78 Å². The summed E-state index contributed by atoms with van der Waals surface area (Å²) < 4.78 is 7.60. The van der Waals surface area contributed by atoms with Crippen LogP contribution in [0.1, 0.15) is 11.1 Å². The largest absolute Gasteiger partial charge is 0.489 e. The Bertz CT molecular complexity index is 910. The van der Waals surface area contributed by atoms with Gasteiger partial charge in [0.2, 0.25) is 0 Å². The van der Waals surface area contributed by atoms with Crippen molar-refractivity contribution < 1.29 is 4.74 Å². The van der Waals surface area contributed by atoms with Crippen LogP contribution in [0.15, 0.2) is 70.1 Å². The van der Waals surface area contributed by atoms with E-state index in [1.807, 2.05) is 54.6 Å². The second-order valence-corrected chi connectivity index (χ2v) is 6.37. The van der Waals surface area contributed by atoms with Crippen LogP contribution >= 0.6 is 15.9 Å². The van der Waals surface area contributed by atoms with Crippen molar-refractivity contribution in [3.05, 3.63) is 86.7 Å². The van der Waals surface area contributed by atoms with Crippen LogP contribution in [-0.4, -0.2) is 9.78 Å². The van der Waals surface area contributed by atoms with Crippen LogP contribution in [0.2, 0.25) is 0 Å². The van der Waals surface area contributed by atoms with Crippen LogP contribution in [-0.2, 0) is 20.2 Å². The number of anilines is 1. The van der Waals surface area contributed by atoms with Crippen molar-refractivity contribution in [2.75, 3.05) is 5.32 Å². The Hall–Kier alpha value is -2.60. The number of ether oxygens (including phenoxy) is 1. The van der Waals surface area contributed by atoms with Gasteiger partial charge in [0, 0.05) is 13.6 Å². The number of halogens is 1. The molecule has 0 aliphatic heterocycles. The summed E-state index contributed by atoms with van der Waals surface area (Å²) in [6, 6.07) is 17.9. The molecule has 0 saturated heterocycles. The zero-order chi connectivity index (χ0) is 17.6. The molecular formula is C19H18BrN3O2. The van der Waals surface area contributed by atoms with Crippen LogP contribution < -0.4 is 15.6 Å². The minimum atomic E-state index is -0.176. The predicted octanol–water partition coefficient (Wildman–Crippen LogP) is 3.73. The topological polar surface area (TPSA) is 56.1 Å². The lowest BCUT2D eigenvalue weighted by Gasteiger charge is -2.11. The molecule has 25 heavy (non-hydrogen) atoms. The minimum absolute atomic E-state index is 0.176. The highest BCUT2D eigenvalue weighted by atomic mass is 79.9. The SMILES string of the molecule is Cn1ncc(NCc2cccc(OCc3ccccc3)c2)c(Br)c1=O. The summed E-state index contributed by atoms with van der Waals surface area (Å²) in [7, 11) is 1.62. The second-order valence-electron chi connectivity index (χ2n) is 5.58. The van der Waals surface area contributed by atoms with E-state index in [2.05, 4.69) is 26.3 Å². The highest BCUT2D eigenvalue weighted by molar-refractivity contribution is 9.10. The smallest absolute Gasteiger partial charge is 0.282 e. The molecule has 0 atom stereocenters. The van der Waals surface area contributed by atoms with E-state index in [1.165, 1.54) is 4.68 Å². The fourth-order valence-electron chi connectivity index (χ4n) is 2.32. The Labute approximate surface area is 154 Å². The van der Waals surface area contributed by atoms with Crippen LogP contribution in [0.5, 0.6) is 5.75 Å². The molecule has 3 aromatic rings. The second kappa shape index (κ2) is 7.98. The van der Waals surface area contributed by atoms with Crippen molar-refractivity contribution in [2.45, 2.75) is 13.2 Å². The van der Waals surface area contributed by atoms with E-state index >= 15 is 0 Å². The number of aromatic nitrogens is 2. The first-order valence-corrected chi connectivity index (χ1v) is 8.64. The van der Waals surface area contributed by atoms with Crippen LogP contribution in [0.4, 0.5) is 5.69 Å². The van der Waals surface area contributed by atoms with Crippen molar-refractivity contribution in [3.63, 3.8) is 0 Å². The molecule has 0 saturated carbocycles. The Kier molecular flexibility index (Phi) is 5.50. The number of hydrogen-bond donors (Lipinski definition) is 1. The van der Waals surface area contributed by atoms with Gasteiger partial charge in [0.1, 0.15) is 16.8 Å². The van der Waals surface area contributed by atoms with E-state index < -0.39 is 0 Å². The third kappa shape index (κ3) is 4.48. The Morgan fingerprint density at radius 1 is 1.12 bits per heavy atom. The van der Waals surface area contributed by atoms with Gasteiger partial charge in [-0.2, -0.15) is 5.10 Å². The highest BCUT2D eigenvalue weighted by Gasteiger charge is 2.06. The summed E-state index contributed by atoms with van der Waals surface area (Å²) in [6.07, 6.45) is 1.63. The monoisotopic (exact) mass is 399 g/mol. The molecule has 0 aliphatic rings. The van der Waals surface area contributed by atoms with E-state index in [0.29, 0.717) is 23.3 Å². The summed E-state index contributed by atoms with van der Waals surface area (Å²) >= 11 is 3.31. The number of rotatable bonds is 6. The number of nitrogens with zero attached hydrogens (tertiary/aromatic N) is 2. The van der Waals surface area contributed by atoms with Gasteiger partial charge in [-0.1, -0.05) is 42.5 Å². The molecule has 1 N–H and O–H groups in total. The zero-order valence-corrected chi connectivity index (χ0v) is 15.4. The molecule has 0 unspecified atom stereocenters. The lowest BCUT2D eigenvalue weighted by Crippen LogP contribution is -2.21. The Morgan fingerprint density at radius 3 is 2.68 bits per heavy atom. The standard InChI is InChI=1S/C19H18BrN3O2/c1-23-19(24)18(20)17(12-22-23)21-11-15-8-5-9-16(10-15)25-13-14-6-3-2-4-7-14/h2-10,12,21H,11,13H2,1H3. The molecule has 5 nitrogen and oxygen atoms in total. The molecule has 0 radical (unpaired) electrons. The summed E-state index contributed by atoms with van der Waals surface area (Å²) in [5.74, 6) is 0.810. The van der Waals surface area contributed by atoms with Crippen LogP contribution in [0.3, 0.4) is 0 Å². The van der Waals surface area contributed by atoms with Gasteiger partial charge >= 0.3 is 0 Å². The highest BCUT2D eigenvalue weighted by Crippen LogP contribution is 2.19. The molecule has 1 aromatic heterocycles. The van der Waals surface area contributed by atoms with E-state index in [9.17, 15) is 4.79 Å². The first-order valence-electron chi connectivity index (χ1n) is 7.85. The van der Waals surface area contributed by atoms with Gasteiger partial charge in [-0.3, -0.25) is 4.79 Å². The fraction of sp³-hybridized carbons (Fsp3) is 0.158.